The van der Waals surface area contributed by atoms with E-state index in [1.54, 1.807) is 0 Å². The van der Waals surface area contributed by atoms with Crippen LogP contribution in [0.4, 0.5) is 0 Å². The van der Waals surface area contributed by atoms with Crippen LogP contribution in [0, 0.1) is 6.92 Å². The molecule has 0 bridgehead atoms. The van der Waals surface area contributed by atoms with E-state index >= 15 is 0 Å². The maximum atomic E-state index is 12.2. The number of nitrogens with zero attached hydrogens (tertiary/aromatic N) is 3. The van der Waals surface area contributed by atoms with Crippen LogP contribution in [-0.2, 0) is 17.8 Å². The predicted molar refractivity (Wildman–Crippen MR) is 95.2 cm³/mol. The molecule has 2 aromatic heterocycles. The molecule has 126 valence electrons. The number of amides is 1. The van der Waals surface area contributed by atoms with Gasteiger partial charge in [-0.2, -0.15) is 0 Å². The fourth-order valence-corrected chi connectivity index (χ4v) is 3.07. The molecule has 6 nitrogen and oxygen atoms in total. The topological polar surface area (TPSA) is 73.0 Å². The largest absolute Gasteiger partial charge is 0.356 e. The van der Waals surface area contributed by atoms with Crippen LogP contribution in [0.1, 0.15) is 11.5 Å². The number of carbonyl (C=O) groups excluding carboxylic acids is 1. The number of fused-ring (bicyclic) bond motifs is 2. The lowest BCUT2D eigenvalue weighted by Crippen LogP contribution is -2.29. The summed E-state index contributed by atoms with van der Waals surface area (Å²) in [7, 11) is 0. The number of benzene rings is 2. The second kappa shape index (κ2) is 6.39. The highest BCUT2D eigenvalue weighted by molar-refractivity contribution is 5.86. The van der Waals surface area contributed by atoms with Crippen LogP contribution in [0.3, 0.4) is 0 Å². The molecule has 0 spiro atoms. The van der Waals surface area contributed by atoms with E-state index in [4.69, 9.17) is 4.52 Å². The molecule has 1 N–H and O–H groups in total. The van der Waals surface area contributed by atoms with E-state index in [9.17, 15) is 4.79 Å². The average Bonchev–Trinajstić information content (AvgIpc) is 3.16. The van der Waals surface area contributed by atoms with Crippen molar-refractivity contribution in [1.29, 1.82) is 0 Å². The monoisotopic (exact) mass is 334 g/mol. The van der Waals surface area contributed by atoms with Crippen molar-refractivity contribution in [3.63, 3.8) is 0 Å². The Morgan fingerprint density at radius 1 is 1.16 bits per heavy atom. The Balaban J connectivity index is 1.40. The van der Waals surface area contributed by atoms with Gasteiger partial charge in [-0.25, -0.2) is 4.98 Å². The van der Waals surface area contributed by atoms with Crippen LogP contribution in [0.15, 0.2) is 53.1 Å². The van der Waals surface area contributed by atoms with E-state index in [1.165, 1.54) is 0 Å². The van der Waals surface area contributed by atoms with Gasteiger partial charge in [-0.15, -0.1) is 0 Å². The van der Waals surface area contributed by atoms with Crippen molar-refractivity contribution >= 4 is 27.9 Å². The fourth-order valence-electron chi connectivity index (χ4n) is 3.07. The molecule has 4 rings (SSSR count). The molecule has 0 aliphatic rings. The van der Waals surface area contributed by atoms with Crippen LogP contribution < -0.4 is 5.32 Å². The van der Waals surface area contributed by atoms with E-state index in [1.807, 2.05) is 55.5 Å². The predicted octanol–water partition coefficient (Wildman–Crippen LogP) is 2.84. The Kier molecular flexibility index (Phi) is 3.93. The fraction of sp³-hybridized carbons (Fsp3) is 0.211. The van der Waals surface area contributed by atoms with Crippen molar-refractivity contribution in [3.8, 4) is 0 Å². The minimum absolute atomic E-state index is 0.0684. The van der Waals surface area contributed by atoms with Gasteiger partial charge >= 0.3 is 0 Å². The third-order valence-electron chi connectivity index (χ3n) is 4.28. The number of aryl methyl sites for hydroxylation is 1. The first-order chi connectivity index (χ1) is 12.2. The summed E-state index contributed by atoms with van der Waals surface area (Å²) in [6.45, 7) is 3.19. The van der Waals surface area contributed by atoms with Crippen LogP contribution >= 0.6 is 0 Å². The molecule has 6 heteroatoms. The van der Waals surface area contributed by atoms with E-state index in [0.717, 1.165) is 22.2 Å². The molecule has 0 unspecified atom stereocenters. The second-order valence-electron chi connectivity index (χ2n) is 5.95. The Labute approximate surface area is 144 Å². The Bertz CT molecular complexity index is 1050. The van der Waals surface area contributed by atoms with Crippen molar-refractivity contribution in [2.24, 2.45) is 0 Å². The highest BCUT2D eigenvalue weighted by Crippen LogP contribution is 2.18. The zero-order chi connectivity index (χ0) is 17.2. The summed E-state index contributed by atoms with van der Waals surface area (Å²) in [4.78, 5) is 16.7. The van der Waals surface area contributed by atoms with Gasteiger partial charge in [-0.1, -0.05) is 29.4 Å². The molecule has 0 atom stereocenters. The Hall–Kier alpha value is -3.15. The number of aromatic nitrogens is 3. The average molecular weight is 334 g/mol. The molecule has 0 radical (unpaired) electrons. The van der Waals surface area contributed by atoms with Gasteiger partial charge in [0.15, 0.2) is 5.58 Å². The second-order valence-corrected chi connectivity index (χ2v) is 5.95. The van der Waals surface area contributed by atoms with Crippen molar-refractivity contribution in [3.05, 3.63) is 60.0 Å². The third kappa shape index (κ3) is 2.98. The highest BCUT2D eigenvalue weighted by atomic mass is 16.5. The number of imidazole rings is 1. The first kappa shape index (κ1) is 15.4. The smallest absolute Gasteiger partial charge is 0.226 e. The van der Waals surface area contributed by atoms with Crippen LogP contribution in [0.5, 0.6) is 0 Å². The first-order valence-electron chi connectivity index (χ1n) is 8.24. The molecule has 25 heavy (non-hydrogen) atoms. The van der Waals surface area contributed by atoms with Crippen LogP contribution in [0.25, 0.3) is 22.0 Å². The molecule has 0 saturated carbocycles. The number of rotatable bonds is 5. The quantitative estimate of drug-likeness (QED) is 0.609. The van der Waals surface area contributed by atoms with Crippen molar-refractivity contribution < 1.29 is 9.32 Å². The molecule has 4 aromatic rings. The molecule has 0 aliphatic heterocycles. The molecule has 1 amide bonds. The zero-order valence-corrected chi connectivity index (χ0v) is 13.9. The van der Waals surface area contributed by atoms with Gasteiger partial charge in [-0.3, -0.25) is 4.79 Å². The summed E-state index contributed by atoms with van der Waals surface area (Å²) in [6.07, 6.45) is 0.209. The van der Waals surface area contributed by atoms with Gasteiger partial charge in [0.05, 0.1) is 17.5 Å². The third-order valence-corrected chi connectivity index (χ3v) is 4.28. The molecule has 0 saturated heterocycles. The van der Waals surface area contributed by atoms with Crippen LogP contribution in [0.2, 0.25) is 0 Å². The van der Waals surface area contributed by atoms with Crippen molar-refractivity contribution in [2.45, 2.75) is 19.9 Å². The molecule has 0 fully saturated rings. The summed E-state index contributed by atoms with van der Waals surface area (Å²) < 4.78 is 7.35. The summed E-state index contributed by atoms with van der Waals surface area (Å²) in [5.74, 6) is 0.874. The lowest BCUT2D eigenvalue weighted by Gasteiger charge is -2.08. The summed E-state index contributed by atoms with van der Waals surface area (Å²) in [6, 6.07) is 15.6. The van der Waals surface area contributed by atoms with Crippen LogP contribution in [-0.4, -0.2) is 27.2 Å². The molecule has 0 aliphatic carbocycles. The zero-order valence-electron chi connectivity index (χ0n) is 13.9. The number of para-hydroxylation sites is 3. The molecule has 2 aromatic carbocycles. The SMILES string of the molecule is Cc1nc2ccccc2n1CCNC(=O)Cc1noc2ccccc12. The maximum Gasteiger partial charge on any atom is 0.226 e. The molecule has 2 heterocycles. The van der Waals surface area contributed by atoms with E-state index in [2.05, 4.69) is 20.0 Å². The molecular weight excluding hydrogens is 316 g/mol. The summed E-state index contributed by atoms with van der Waals surface area (Å²) >= 11 is 0. The minimum atomic E-state index is -0.0684. The standard InChI is InChI=1S/C19H18N4O2/c1-13-21-15-7-3-4-8-17(15)23(13)11-10-20-19(24)12-16-14-6-2-5-9-18(14)25-22-16/h2-9H,10-12H2,1H3,(H,20,24). The van der Waals surface area contributed by atoms with E-state index in [0.29, 0.717) is 24.4 Å². The highest BCUT2D eigenvalue weighted by Gasteiger charge is 2.12. The van der Waals surface area contributed by atoms with Gasteiger partial charge in [0.1, 0.15) is 11.5 Å². The number of nitrogens with one attached hydrogen (secondary N) is 1. The minimum Gasteiger partial charge on any atom is -0.356 e. The van der Waals surface area contributed by atoms with E-state index < -0.39 is 0 Å². The summed E-state index contributed by atoms with van der Waals surface area (Å²) in [5, 5.41) is 7.83. The number of hydrogen-bond acceptors (Lipinski definition) is 4. The lowest BCUT2D eigenvalue weighted by atomic mass is 10.1. The summed E-state index contributed by atoms with van der Waals surface area (Å²) in [5.41, 5.74) is 3.42. The van der Waals surface area contributed by atoms with Gasteiger partial charge in [-0.05, 0) is 31.2 Å². The molecular formula is C19H18N4O2. The van der Waals surface area contributed by atoms with E-state index in [-0.39, 0.29) is 12.3 Å². The normalized spacial score (nSPS) is 11.2. The Morgan fingerprint density at radius 2 is 1.96 bits per heavy atom. The first-order valence-corrected chi connectivity index (χ1v) is 8.24. The Morgan fingerprint density at radius 3 is 2.88 bits per heavy atom. The van der Waals surface area contributed by atoms with Crippen molar-refractivity contribution in [2.75, 3.05) is 6.54 Å². The number of hydrogen-bond donors (Lipinski definition) is 1. The maximum absolute atomic E-state index is 12.2. The van der Waals surface area contributed by atoms with Gasteiger partial charge in [0.2, 0.25) is 5.91 Å². The van der Waals surface area contributed by atoms with Gasteiger partial charge in [0.25, 0.3) is 0 Å². The number of carbonyl (C=O) groups is 1. The van der Waals surface area contributed by atoms with Crippen molar-refractivity contribution in [1.82, 2.24) is 20.0 Å². The van der Waals surface area contributed by atoms with Gasteiger partial charge < -0.3 is 14.4 Å². The van der Waals surface area contributed by atoms with Gasteiger partial charge in [0, 0.05) is 18.5 Å². The lowest BCUT2D eigenvalue weighted by molar-refractivity contribution is -0.120.